The van der Waals surface area contributed by atoms with Crippen molar-refractivity contribution in [3.05, 3.63) is 29.8 Å². The largest absolute Gasteiger partial charge is 0.336 e. The molecule has 1 heterocycles. The molecular formula is C24H40N4O2. The molecule has 0 bridgehead atoms. The number of rotatable bonds is 10. The Morgan fingerprint density at radius 1 is 0.933 bits per heavy atom. The average Bonchev–Trinajstić information content (AvgIpc) is 2.75. The Hall–Kier alpha value is -1.92. The summed E-state index contributed by atoms with van der Waals surface area (Å²) in [6.07, 6.45) is 2.84. The van der Waals surface area contributed by atoms with E-state index in [-0.39, 0.29) is 23.9 Å². The van der Waals surface area contributed by atoms with Gasteiger partial charge in [0.15, 0.2) is 0 Å². The maximum Gasteiger partial charge on any atom is 0.238 e. The second kappa shape index (κ2) is 12.1. The zero-order valence-electron chi connectivity index (χ0n) is 19.5. The number of nitrogens with one attached hydrogen (secondary N) is 1. The van der Waals surface area contributed by atoms with Crippen LogP contribution in [-0.2, 0) is 16.0 Å². The summed E-state index contributed by atoms with van der Waals surface area (Å²) in [7, 11) is 0. The molecule has 2 atom stereocenters. The minimum atomic E-state index is 0.0279. The molecule has 1 fully saturated rings. The van der Waals surface area contributed by atoms with Crippen LogP contribution in [0.15, 0.2) is 24.3 Å². The second-order valence-corrected chi connectivity index (χ2v) is 8.43. The van der Waals surface area contributed by atoms with Crippen molar-refractivity contribution in [2.24, 2.45) is 0 Å². The number of piperazine rings is 1. The predicted octanol–water partition coefficient (Wildman–Crippen LogP) is 3.23. The van der Waals surface area contributed by atoms with Crippen molar-refractivity contribution < 1.29 is 9.59 Å². The van der Waals surface area contributed by atoms with Crippen LogP contribution < -0.4 is 5.32 Å². The van der Waals surface area contributed by atoms with Crippen molar-refractivity contribution in [1.82, 2.24) is 14.7 Å². The van der Waals surface area contributed by atoms with Crippen LogP contribution >= 0.6 is 0 Å². The molecule has 2 amide bonds. The maximum atomic E-state index is 12.9. The van der Waals surface area contributed by atoms with Gasteiger partial charge < -0.3 is 10.2 Å². The maximum absolute atomic E-state index is 12.9. The van der Waals surface area contributed by atoms with Crippen LogP contribution in [0.2, 0.25) is 0 Å². The standard InChI is InChI=1S/C24H40N4O2/c1-6-19(4)28(20(5)7-2)24(30)18-27-15-13-26(14-16-27)17-23(29)25-22-12-10-9-11-21(22)8-3/h9-12,19-20H,6-8,13-18H2,1-5H3,(H,25,29)/t19-,20-/m0/s1. The Balaban J connectivity index is 1.81. The van der Waals surface area contributed by atoms with Crippen LogP contribution in [0.4, 0.5) is 5.69 Å². The molecule has 6 heteroatoms. The average molecular weight is 417 g/mol. The topological polar surface area (TPSA) is 55.9 Å². The van der Waals surface area contributed by atoms with E-state index in [2.05, 4.69) is 54.6 Å². The molecular weight excluding hydrogens is 376 g/mol. The second-order valence-electron chi connectivity index (χ2n) is 8.43. The number of carbonyl (C=O) groups is 2. The molecule has 1 aromatic rings. The van der Waals surface area contributed by atoms with Crippen molar-refractivity contribution in [1.29, 1.82) is 0 Å². The van der Waals surface area contributed by atoms with E-state index in [1.807, 2.05) is 24.3 Å². The van der Waals surface area contributed by atoms with E-state index in [9.17, 15) is 9.59 Å². The molecule has 1 saturated heterocycles. The number of carbonyl (C=O) groups excluding carboxylic acids is 2. The fourth-order valence-corrected chi connectivity index (χ4v) is 4.04. The highest BCUT2D eigenvalue weighted by Crippen LogP contribution is 2.16. The zero-order valence-corrected chi connectivity index (χ0v) is 19.5. The number of hydrogen-bond acceptors (Lipinski definition) is 4. The van der Waals surface area contributed by atoms with Crippen molar-refractivity contribution in [2.45, 2.75) is 66.0 Å². The molecule has 6 nitrogen and oxygen atoms in total. The molecule has 168 valence electrons. The summed E-state index contributed by atoms with van der Waals surface area (Å²) in [5, 5.41) is 3.05. The number of nitrogens with zero attached hydrogens (tertiary/aromatic N) is 3. The third kappa shape index (κ3) is 6.81. The summed E-state index contributed by atoms with van der Waals surface area (Å²) in [5.41, 5.74) is 2.06. The van der Waals surface area contributed by atoms with Gasteiger partial charge in [-0.1, -0.05) is 39.0 Å². The summed E-state index contributed by atoms with van der Waals surface area (Å²) in [5.74, 6) is 0.251. The fraction of sp³-hybridized carbons (Fsp3) is 0.667. The highest BCUT2D eigenvalue weighted by molar-refractivity contribution is 5.93. The summed E-state index contributed by atoms with van der Waals surface area (Å²) < 4.78 is 0. The first-order valence-electron chi connectivity index (χ1n) is 11.5. The van der Waals surface area contributed by atoms with Crippen LogP contribution in [-0.4, -0.2) is 77.9 Å². The fourth-order valence-electron chi connectivity index (χ4n) is 4.04. The molecule has 0 spiro atoms. The van der Waals surface area contributed by atoms with E-state index in [4.69, 9.17) is 0 Å². The first-order valence-corrected chi connectivity index (χ1v) is 11.5. The molecule has 2 rings (SSSR count). The van der Waals surface area contributed by atoms with Crippen LogP contribution in [0.5, 0.6) is 0 Å². The number of amides is 2. The molecule has 0 unspecified atom stereocenters. The Morgan fingerprint density at radius 3 is 2.00 bits per heavy atom. The van der Waals surface area contributed by atoms with Crippen molar-refractivity contribution in [3.8, 4) is 0 Å². The molecule has 0 saturated carbocycles. The van der Waals surface area contributed by atoms with Gasteiger partial charge in [-0.05, 0) is 44.7 Å². The highest BCUT2D eigenvalue weighted by atomic mass is 16.2. The summed E-state index contributed by atoms with van der Waals surface area (Å²) in [6, 6.07) is 8.49. The van der Waals surface area contributed by atoms with Crippen LogP contribution in [0.3, 0.4) is 0 Å². The quantitative estimate of drug-likeness (QED) is 0.636. The number of para-hydroxylation sites is 1. The summed E-state index contributed by atoms with van der Waals surface area (Å²) >= 11 is 0. The van der Waals surface area contributed by atoms with Gasteiger partial charge in [-0.3, -0.25) is 19.4 Å². The van der Waals surface area contributed by atoms with Crippen LogP contribution in [0, 0.1) is 0 Å². The lowest BCUT2D eigenvalue weighted by Crippen LogP contribution is -2.53. The third-order valence-corrected chi connectivity index (χ3v) is 6.28. The van der Waals surface area contributed by atoms with Crippen molar-refractivity contribution in [2.75, 3.05) is 44.6 Å². The highest BCUT2D eigenvalue weighted by Gasteiger charge is 2.27. The van der Waals surface area contributed by atoms with Crippen LogP contribution in [0.1, 0.15) is 53.0 Å². The predicted molar refractivity (Wildman–Crippen MR) is 124 cm³/mol. The summed E-state index contributed by atoms with van der Waals surface area (Å²) in [4.78, 5) is 31.9. The normalized spacial score (nSPS) is 17.4. The molecule has 0 radical (unpaired) electrons. The minimum absolute atomic E-state index is 0.0279. The van der Waals surface area contributed by atoms with Gasteiger partial charge in [-0.25, -0.2) is 0 Å². The zero-order chi connectivity index (χ0) is 22.1. The Labute approximate surface area is 182 Å². The SMILES string of the molecule is CCc1ccccc1NC(=O)CN1CCN(CC(=O)N([C@@H](C)CC)[C@@H](C)CC)CC1. The molecule has 1 aromatic carbocycles. The van der Waals surface area contributed by atoms with Crippen molar-refractivity contribution in [3.63, 3.8) is 0 Å². The minimum Gasteiger partial charge on any atom is -0.336 e. The third-order valence-electron chi connectivity index (χ3n) is 6.28. The van der Waals surface area contributed by atoms with Crippen molar-refractivity contribution >= 4 is 17.5 Å². The van der Waals surface area contributed by atoms with E-state index in [0.29, 0.717) is 13.1 Å². The number of hydrogen-bond donors (Lipinski definition) is 1. The van der Waals surface area contributed by atoms with Gasteiger partial charge in [0.1, 0.15) is 0 Å². The first-order chi connectivity index (χ1) is 14.4. The molecule has 0 aromatic heterocycles. The summed E-state index contributed by atoms with van der Waals surface area (Å²) in [6.45, 7) is 14.8. The number of anilines is 1. The van der Waals surface area contributed by atoms with E-state index in [1.165, 1.54) is 0 Å². The van der Waals surface area contributed by atoms with E-state index < -0.39 is 0 Å². The lowest BCUT2D eigenvalue weighted by Gasteiger charge is -2.38. The number of benzene rings is 1. The van der Waals surface area contributed by atoms with Gasteiger partial charge >= 0.3 is 0 Å². The van der Waals surface area contributed by atoms with E-state index in [0.717, 1.165) is 56.7 Å². The molecule has 1 aliphatic heterocycles. The van der Waals surface area contributed by atoms with Gasteiger partial charge in [-0.2, -0.15) is 0 Å². The van der Waals surface area contributed by atoms with Gasteiger partial charge in [-0.15, -0.1) is 0 Å². The molecule has 0 aliphatic carbocycles. The Bertz CT molecular complexity index is 676. The lowest BCUT2D eigenvalue weighted by atomic mass is 10.1. The molecule has 30 heavy (non-hydrogen) atoms. The number of aryl methyl sites for hydroxylation is 1. The molecule has 1 aliphatic rings. The smallest absolute Gasteiger partial charge is 0.238 e. The van der Waals surface area contributed by atoms with E-state index in [1.54, 1.807) is 0 Å². The molecule has 1 N–H and O–H groups in total. The van der Waals surface area contributed by atoms with Gasteiger partial charge in [0, 0.05) is 44.0 Å². The van der Waals surface area contributed by atoms with Gasteiger partial charge in [0.2, 0.25) is 11.8 Å². The lowest BCUT2D eigenvalue weighted by molar-refractivity contribution is -0.137. The monoisotopic (exact) mass is 416 g/mol. The Kier molecular flexibility index (Phi) is 9.79. The van der Waals surface area contributed by atoms with Gasteiger partial charge in [0.05, 0.1) is 13.1 Å². The van der Waals surface area contributed by atoms with E-state index >= 15 is 0 Å². The van der Waals surface area contributed by atoms with Gasteiger partial charge in [0.25, 0.3) is 0 Å². The Morgan fingerprint density at radius 2 is 1.47 bits per heavy atom. The van der Waals surface area contributed by atoms with Crippen LogP contribution in [0.25, 0.3) is 0 Å². The first kappa shape index (κ1) is 24.4.